The second-order valence-electron chi connectivity index (χ2n) is 4.02. The lowest BCUT2D eigenvalue weighted by Gasteiger charge is -2.11. The van der Waals surface area contributed by atoms with Gasteiger partial charge < -0.3 is 11.1 Å². The zero-order valence-electron chi connectivity index (χ0n) is 10.6. The van der Waals surface area contributed by atoms with Crippen molar-refractivity contribution in [3.63, 3.8) is 0 Å². The van der Waals surface area contributed by atoms with Crippen molar-refractivity contribution < 1.29 is 4.79 Å². The van der Waals surface area contributed by atoms with Gasteiger partial charge in [0.05, 0.1) is 21.3 Å². The Morgan fingerprint density at radius 1 is 1.25 bits per heavy atom. The molecule has 0 saturated heterocycles. The maximum atomic E-state index is 12.3. The van der Waals surface area contributed by atoms with Gasteiger partial charge in [-0.05, 0) is 30.5 Å². The maximum absolute atomic E-state index is 12.3. The monoisotopic (exact) mass is 326 g/mol. The van der Waals surface area contributed by atoms with Crippen LogP contribution in [0.1, 0.15) is 10.4 Å². The summed E-state index contributed by atoms with van der Waals surface area (Å²) in [5.74, 6) is -0.342. The molecule has 0 saturated carbocycles. The number of nitrogens with two attached hydrogens (primary N) is 1. The van der Waals surface area contributed by atoms with Crippen LogP contribution in [0.25, 0.3) is 0 Å². The smallest absolute Gasteiger partial charge is 0.257 e. The molecule has 6 heteroatoms. The average Bonchev–Trinajstić information content (AvgIpc) is 2.43. The van der Waals surface area contributed by atoms with Gasteiger partial charge in [-0.25, -0.2) is 0 Å². The van der Waals surface area contributed by atoms with Gasteiger partial charge in [-0.15, -0.1) is 11.8 Å². The molecular formula is C14H12Cl2N2OS. The fraction of sp³-hybridized carbons (Fsp3) is 0.0714. The fourth-order valence-corrected chi connectivity index (χ4v) is 2.69. The van der Waals surface area contributed by atoms with Gasteiger partial charge in [-0.3, -0.25) is 4.79 Å². The number of nitrogens with one attached hydrogen (secondary N) is 1. The molecule has 0 aromatic heterocycles. The molecule has 3 nitrogen and oxygen atoms in total. The summed E-state index contributed by atoms with van der Waals surface area (Å²) in [6.45, 7) is 0. The van der Waals surface area contributed by atoms with E-state index in [9.17, 15) is 4.79 Å². The van der Waals surface area contributed by atoms with Gasteiger partial charge in [-0.2, -0.15) is 0 Å². The van der Waals surface area contributed by atoms with E-state index in [1.807, 2.05) is 30.5 Å². The number of para-hydroxylation sites is 1. The van der Waals surface area contributed by atoms with Crippen LogP contribution in [-0.4, -0.2) is 12.2 Å². The van der Waals surface area contributed by atoms with E-state index in [1.54, 1.807) is 11.8 Å². The highest BCUT2D eigenvalue weighted by atomic mass is 35.5. The average molecular weight is 327 g/mol. The summed E-state index contributed by atoms with van der Waals surface area (Å²) in [7, 11) is 0. The van der Waals surface area contributed by atoms with Crippen molar-refractivity contribution >= 4 is 52.2 Å². The van der Waals surface area contributed by atoms with Crippen molar-refractivity contribution in [3.05, 3.63) is 52.0 Å². The highest BCUT2D eigenvalue weighted by molar-refractivity contribution is 7.98. The highest BCUT2D eigenvalue weighted by Crippen LogP contribution is 2.30. The van der Waals surface area contributed by atoms with Gasteiger partial charge in [0.15, 0.2) is 0 Å². The third kappa shape index (κ3) is 3.20. The van der Waals surface area contributed by atoms with E-state index in [0.717, 1.165) is 10.6 Å². The van der Waals surface area contributed by atoms with E-state index in [0.29, 0.717) is 5.69 Å². The quantitative estimate of drug-likeness (QED) is 0.642. The molecule has 0 aliphatic carbocycles. The standard InChI is InChI=1S/C14H12Cl2N2OS/c1-20-12-5-3-2-4-11(12)18-14(19)9-6-8(17)7-10(15)13(9)16/h2-7H,17H2,1H3,(H,18,19). The van der Waals surface area contributed by atoms with Gasteiger partial charge in [0.1, 0.15) is 0 Å². The topological polar surface area (TPSA) is 55.1 Å². The molecule has 0 bridgehead atoms. The zero-order chi connectivity index (χ0) is 14.7. The van der Waals surface area contributed by atoms with Crippen LogP contribution in [0.5, 0.6) is 0 Å². The van der Waals surface area contributed by atoms with Crippen LogP contribution in [0, 0.1) is 0 Å². The van der Waals surface area contributed by atoms with Crippen LogP contribution in [-0.2, 0) is 0 Å². The third-order valence-corrected chi connectivity index (χ3v) is 4.25. The van der Waals surface area contributed by atoms with Crippen molar-refractivity contribution in [2.45, 2.75) is 4.90 Å². The summed E-state index contributed by atoms with van der Waals surface area (Å²) in [6, 6.07) is 10.5. The van der Waals surface area contributed by atoms with Gasteiger partial charge >= 0.3 is 0 Å². The van der Waals surface area contributed by atoms with Crippen LogP contribution < -0.4 is 11.1 Å². The van der Waals surface area contributed by atoms with Crippen molar-refractivity contribution in [1.82, 2.24) is 0 Å². The minimum absolute atomic E-state index is 0.194. The molecule has 0 aliphatic heterocycles. The van der Waals surface area contributed by atoms with Gasteiger partial charge in [-0.1, -0.05) is 35.3 Å². The second kappa shape index (κ2) is 6.39. The minimum atomic E-state index is -0.342. The minimum Gasteiger partial charge on any atom is -0.399 e. The number of rotatable bonds is 3. The van der Waals surface area contributed by atoms with E-state index in [2.05, 4.69) is 5.32 Å². The van der Waals surface area contributed by atoms with Crippen LogP contribution in [0.3, 0.4) is 0 Å². The molecule has 0 aliphatic rings. The molecule has 2 aromatic rings. The first kappa shape index (κ1) is 15.0. The summed E-state index contributed by atoms with van der Waals surface area (Å²) in [4.78, 5) is 13.3. The Morgan fingerprint density at radius 2 is 1.95 bits per heavy atom. The number of thioether (sulfide) groups is 1. The number of hydrogen-bond donors (Lipinski definition) is 2. The molecule has 0 heterocycles. The number of benzene rings is 2. The summed E-state index contributed by atoms with van der Waals surface area (Å²) in [5, 5.41) is 3.27. The molecule has 2 aromatic carbocycles. The van der Waals surface area contributed by atoms with E-state index in [1.165, 1.54) is 12.1 Å². The Labute approximate surface area is 131 Å². The number of carbonyl (C=O) groups is 1. The highest BCUT2D eigenvalue weighted by Gasteiger charge is 2.15. The third-order valence-electron chi connectivity index (χ3n) is 2.65. The van der Waals surface area contributed by atoms with E-state index in [4.69, 9.17) is 28.9 Å². The van der Waals surface area contributed by atoms with Crippen molar-refractivity contribution in [2.24, 2.45) is 0 Å². The van der Waals surface area contributed by atoms with Crippen molar-refractivity contribution in [3.8, 4) is 0 Å². The number of anilines is 2. The van der Waals surface area contributed by atoms with E-state index < -0.39 is 0 Å². The molecule has 1 amide bonds. The lowest BCUT2D eigenvalue weighted by molar-refractivity contribution is 0.102. The van der Waals surface area contributed by atoms with Gasteiger partial charge in [0.2, 0.25) is 0 Å². The molecule has 0 radical (unpaired) electrons. The number of halogens is 2. The summed E-state index contributed by atoms with van der Waals surface area (Å²) >= 11 is 13.5. The van der Waals surface area contributed by atoms with Crippen LogP contribution in [0.15, 0.2) is 41.3 Å². The van der Waals surface area contributed by atoms with Crippen LogP contribution in [0.4, 0.5) is 11.4 Å². The first-order valence-electron chi connectivity index (χ1n) is 5.72. The van der Waals surface area contributed by atoms with Crippen LogP contribution in [0.2, 0.25) is 10.0 Å². The lowest BCUT2D eigenvalue weighted by atomic mass is 10.2. The number of nitrogen functional groups attached to an aromatic ring is 1. The summed E-state index contributed by atoms with van der Waals surface area (Å²) in [6.07, 6.45) is 1.94. The second-order valence-corrected chi connectivity index (χ2v) is 5.65. The molecule has 104 valence electrons. The Bertz CT molecular complexity index is 662. The Morgan fingerprint density at radius 3 is 2.65 bits per heavy atom. The molecule has 3 N–H and O–H groups in total. The molecule has 2 rings (SSSR count). The lowest BCUT2D eigenvalue weighted by Crippen LogP contribution is -2.13. The molecule has 0 spiro atoms. The Balaban J connectivity index is 2.33. The van der Waals surface area contributed by atoms with Crippen molar-refractivity contribution in [2.75, 3.05) is 17.3 Å². The SMILES string of the molecule is CSc1ccccc1NC(=O)c1cc(N)cc(Cl)c1Cl. The first-order valence-corrected chi connectivity index (χ1v) is 7.70. The molecule has 0 atom stereocenters. The molecule has 0 unspecified atom stereocenters. The Kier molecular flexibility index (Phi) is 4.81. The normalized spacial score (nSPS) is 10.3. The zero-order valence-corrected chi connectivity index (χ0v) is 12.9. The maximum Gasteiger partial charge on any atom is 0.257 e. The largest absolute Gasteiger partial charge is 0.399 e. The van der Waals surface area contributed by atoms with Crippen LogP contribution >= 0.6 is 35.0 Å². The number of carbonyl (C=O) groups excluding carboxylic acids is 1. The number of amides is 1. The predicted octanol–water partition coefficient (Wildman–Crippen LogP) is 4.55. The van der Waals surface area contributed by atoms with Crippen molar-refractivity contribution in [1.29, 1.82) is 0 Å². The molecule has 0 fully saturated rings. The summed E-state index contributed by atoms with van der Waals surface area (Å²) in [5.41, 5.74) is 7.06. The first-order chi connectivity index (χ1) is 9.52. The molecular weight excluding hydrogens is 315 g/mol. The Hall–Kier alpha value is -1.36. The predicted molar refractivity (Wildman–Crippen MR) is 87.1 cm³/mol. The van der Waals surface area contributed by atoms with E-state index >= 15 is 0 Å². The summed E-state index contributed by atoms with van der Waals surface area (Å²) < 4.78 is 0. The fourth-order valence-electron chi connectivity index (χ4n) is 1.71. The molecule has 20 heavy (non-hydrogen) atoms. The van der Waals surface area contributed by atoms with E-state index in [-0.39, 0.29) is 21.5 Å². The van der Waals surface area contributed by atoms with Gasteiger partial charge in [0, 0.05) is 10.6 Å². The number of hydrogen-bond acceptors (Lipinski definition) is 3. The van der Waals surface area contributed by atoms with Gasteiger partial charge in [0.25, 0.3) is 5.91 Å².